The second-order valence-electron chi connectivity index (χ2n) is 15.9. The highest BCUT2D eigenvalue weighted by Crippen LogP contribution is 2.46. The van der Waals surface area contributed by atoms with Gasteiger partial charge in [-0.1, -0.05) is 152 Å². The first-order valence-corrected chi connectivity index (χ1v) is 21.3. The Balaban J connectivity index is 1.02. The number of furan rings is 1. The van der Waals surface area contributed by atoms with Crippen molar-refractivity contribution in [2.75, 3.05) is 4.90 Å². The van der Waals surface area contributed by atoms with Gasteiger partial charge in [0.25, 0.3) is 0 Å². The van der Waals surface area contributed by atoms with Crippen molar-refractivity contribution in [2.24, 2.45) is 0 Å². The lowest BCUT2D eigenvalue weighted by Crippen LogP contribution is -2.11. The molecule has 296 valence electrons. The minimum Gasteiger partial charge on any atom is -0.456 e. The van der Waals surface area contributed by atoms with Crippen molar-refractivity contribution < 1.29 is 8.83 Å². The number of fused-ring (bicyclic) bond motifs is 5. The van der Waals surface area contributed by atoms with E-state index in [9.17, 15) is 0 Å². The summed E-state index contributed by atoms with van der Waals surface area (Å²) in [6.07, 6.45) is 0. The Morgan fingerprint density at radius 2 is 0.937 bits per heavy atom. The second kappa shape index (κ2) is 15.2. The average molecular weight is 807 g/mol. The van der Waals surface area contributed by atoms with E-state index in [1.54, 1.807) is 0 Å². The van der Waals surface area contributed by atoms with Crippen LogP contribution >= 0.6 is 0 Å². The van der Waals surface area contributed by atoms with E-state index in [0.717, 1.165) is 77.9 Å². The van der Waals surface area contributed by atoms with Gasteiger partial charge in [-0.3, -0.25) is 0 Å². The number of para-hydroxylation sites is 1. The Morgan fingerprint density at radius 3 is 1.70 bits per heavy atom. The van der Waals surface area contributed by atoms with Gasteiger partial charge < -0.3 is 13.7 Å². The number of aromatic nitrogens is 1. The van der Waals surface area contributed by atoms with Crippen molar-refractivity contribution in [3.8, 4) is 56.0 Å². The van der Waals surface area contributed by atoms with Crippen LogP contribution in [0.3, 0.4) is 0 Å². The fraction of sp³-hybridized carbons (Fsp3) is 0. The smallest absolute Gasteiger partial charge is 0.227 e. The van der Waals surface area contributed by atoms with Gasteiger partial charge in [0.2, 0.25) is 5.89 Å². The molecule has 0 unspecified atom stereocenters. The monoisotopic (exact) mass is 806 g/mol. The maximum absolute atomic E-state index is 6.42. The maximum Gasteiger partial charge on any atom is 0.227 e. The van der Waals surface area contributed by atoms with Crippen molar-refractivity contribution in [2.45, 2.75) is 0 Å². The lowest BCUT2D eigenvalue weighted by molar-refractivity contribution is 0.620. The summed E-state index contributed by atoms with van der Waals surface area (Å²) in [5.41, 5.74) is 16.4. The fourth-order valence-electron chi connectivity index (χ4n) is 8.98. The van der Waals surface area contributed by atoms with E-state index in [0.29, 0.717) is 5.89 Å². The van der Waals surface area contributed by atoms with Crippen molar-refractivity contribution in [1.29, 1.82) is 0 Å². The van der Waals surface area contributed by atoms with E-state index in [1.165, 1.54) is 33.0 Å². The molecule has 10 aromatic carbocycles. The molecule has 63 heavy (non-hydrogen) atoms. The molecule has 0 saturated carbocycles. The molecule has 4 heteroatoms. The normalized spacial score (nSPS) is 11.5. The highest BCUT2D eigenvalue weighted by Gasteiger charge is 2.21. The summed E-state index contributed by atoms with van der Waals surface area (Å²) in [6, 6.07) is 81.7. The summed E-state index contributed by atoms with van der Waals surface area (Å²) in [6.45, 7) is 0. The Morgan fingerprint density at radius 1 is 0.317 bits per heavy atom. The molecule has 0 amide bonds. The Kier molecular flexibility index (Phi) is 8.79. The van der Waals surface area contributed by atoms with Crippen molar-refractivity contribution in [3.05, 3.63) is 231 Å². The van der Waals surface area contributed by atoms with Gasteiger partial charge >= 0.3 is 0 Å². The van der Waals surface area contributed by atoms with Gasteiger partial charge in [0.15, 0.2) is 5.58 Å². The summed E-state index contributed by atoms with van der Waals surface area (Å²) in [5, 5.41) is 4.46. The van der Waals surface area contributed by atoms with Gasteiger partial charge in [0.1, 0.15) is 16.7 Å². The number of hydrogen-bond donors (Lipinski definition) is 0. The number of hydrogen-bond acceptors (Lipinski definition) is 4. The molecule has 0 atom stereocenters. The molecule has 12 rings (SSSR count). The number of nitrogens with zero attached hydrogens (tertiary/aromatic N) is 2. The minimum absolute atomic E-state index is 0.596. The molecule has 0 spiro atoms. The maximum atomic E-state index is 6.42. The predicted octanol–water partition coefficient (Wildman–Crippen LogP) is 16.7. The SMILES string of the molecule is c1ccc(-c2nc3cc4oc5ccc(-c6ccc(N(c7ccccc7)c7ccc(-c8ccccc8)c(-c8ccc9ccccc9c8)c7)c(-c7ccccc7)c6)cc5c4cc3o2)cc1. The zero-order valence-corrected chi connectivity index (χ0v) is 34.2. The molecular weight excluding hydrogens is 769 g/mol. The van der Waals surface area contributed by atoms with Crippen LogP contribution in [0.25, 0.3) is 99.8 Å². The predicted molar refractivity (Wildman–Crippen MR) is 261 cm³/mol. The zero-order valence-electron chi connectivity index (χ0n) is 34.2. The average Bonchev–Trinajstić information content (AvgIpc) is 3.94. The topological polar surface area (TPSA) is 42.4 Å². The summed E-state index contributed by atoms with van der Waals surface area (Å²) in [4.78, 5) is 7.18. The first kappa shape index (κ1) is 36.4. The molecule has 0 aliphatic heterocycles. The van der Waals surface area contributed by atoms with Crippen LogP contribution in [0.1, 0.15) is 0 Å². The zero-order chi connectivity index (χ0) is 41.7. The second-order valence-corrected chi connectivity index (χ2v) is 15.9. The lowest BCUT2D eigenvalue weighted by Gasteiger charge is -2.29. The van der Waals surface area contributed by atoms with E-state index >= 15 is 0 Å². The molecule has 2 heterocycles. The van der Waals surface area contributed by atoms with Gasteiger partial charge in [-0.25, -0.2) is 4.98 Å². The molecule has 0 fully saturated rings. The highest BCUT2D eigenvalue weighted by molar-refractivity contribution is 6.10. The van der Waals surface area contributed by atoms with E-state index in [2.05, 4.69) is 199 Å². The van der Waals surface area contributed by atoms with Crippen LogP contribution in [-0.2, 0) is 0 Å². The van der Waals surface area contributed by atoms with E-state index in [1.807, 2.05) is 36.4 Å². The molecule has 0 N–H and O–H groups in total. The summed E-state index contributed by atoms with van der Waals surface area (Å²) < 4.78 is 12.7. The third-order valence-corrected chi connectivity index (χ3v) is 12.1. The molecular formula is C59H38N2O2. The lowest BCUT2D eigenvalue weighted by atomic mass is 9.92. The third kappa shape index (κ3) is 6.62. The molecule has 0 bridgehead atoms. The minimum atomic E-state index is 0.596. The molecule has 2 aromatic heterocycles. The first-order valence-electron chi connectivity index (χ1n) is 21.3. The Hall–Kier alpha value is -8.47. The fourth-order valence-corrected chi connectivity index (χ4v) is 8.98. The first-order chi connectivity index (χ1) is 31.2. The van der Waals surface area contributed by atoms with Crippen LogP contribution in [0.4, 0.5) is 17.1 Å². The third-order valence-electron chi connectivity index (χ3n) is 12.1. The van der Waals surface area contributed by atoms with Gasteiger partial charge in [0, 0.05) is 39.3 Å². The van der Waals surface area contributed by atoms with Gasteiger partial charge in [-0.2, -0.15) is 0 Å². The number of rotatable bonds is 8. The molecule has 0 radical (unpaired) electrons. The van der Waals surface area contributed by atoms with Gasteiger partial charge in [-0.15, -0.1) is 0 Å². The molecule has 0 aliphatic carbocycles. The molecule has 0 saturated heterocycles. The summed E-state index contributed by atoms with van der Waals surface area (Å²) in [7, 11) is 0. The number of anilines is 3. The largest absolute Gasteiger partial charge is 0.456 e. The standard InChI is InChI=1S/C59H38N2O2/c1-5-16-40(17-6-1)49-30-29-48(36-50(49)46-26-25-39-15-13-14-22-43(39)33-46)61(47-23-11-4-12-24-47)55-31-27-44(34-51(55)41-18-7-2-8-19-41)45-28-32-56-52(35-45)53-37-58-54(38-57(53)62-56)60-59(63-58)42-20-9-3-10-21-42/h1-38H. The Bertz CT molecular complexity index is 3610. The van der Waals surface area contributed by atoms with Crippen LogP contribution in [-0.4, -0.2) is 4.98 Å². The van der Waals surface area contributed by atoms with E-state index in [-0.39, 0.29) is 0 Å². The van der Waals surface area contributed by atoms with Crippen LogP contribution in [0.2, 0.25) is 0 Å². The molecule has 12 aromatic rings. The highest BCUT2D eigenvalue weighted by atomic mass is 16.4. The van der Waals surface area contributed by atoms with E-state index in [4.69, 9.17) is 13.8 Å². The van der Waals surface area contributed by atoms with Gasteiger partial charge in [0.05, 0.1) is 5.69 Å². The summed E-state index contributed by atoms with van der Waals surface area (Å²) in [5.74, 6) is 0.596. The summed E-state index contributed by atoms with van der Waals surface area (Å²) >= 11 is 0. The van der Waals surface area contributed by atoms with Crippen molar-refractivity contribution >= 4 is 60.9 Å². The van der Waals surface area contributed by atoms with Crippen LogP contribution in [0.5, 0.6) is 0 Å². The van der Waals surface area contributed by atoms with E-state index < -0.39 is 0 Å². The van der Waals surface area contributed by atoms with Crippen LogP contribution in [0.15, 0.2) is 239 Å². The van der Waals surface area contributed by atoms with Crippen molar-refractivity contribution in [3.63, 3.8) is 0 Å². The quantitative estimate of drug-likeness (QED) is 0.153. The van der Waals surface area contributed by atoms with Crippen LogP contribution < -0.4 is 4.90 Å². The molecule has 4 nitrogen and oxygen atoms in total. The Labute approximate surface area is 364 Å². The number of oxazole rings is 1. The van der Waals surface area contributed by atoms with Crippen molar-refractivity contribution in [1.82, 2.24) is 4.98 Å². The molecule has 0 aliphatic rings. The number of benzene rings is 10. The van der Waals surface area contributed by atoms with Crippen LogP contribution in [0, 0.1) is 0 Å². The van der Waals surface area contributed by atoms with Gasteiger partial charge in [-0.05, 0) is 123 Å².